The van der Waals surface area contributed by atoms with Crippen LogP contribution in [-0.2, 0) is 9.53 Å². The quantitative estimate of drug-likeness (QED) is 0.637. The first-order valence-corrected chi connectivity index (χ1v) is 7.08. The van der Waals surface area contributed by atoms with Crippen molar-refractivity contribution in [3.05, 3.63) is 53.6 Å². The summed E-state index contributed by atoms with van der Waals surface area (Å²) in [6, 6.07) is 12.7. The summed E-state index contributed by atoms with van der Waals surface area (Å²) in [6.07, 6.45) is 0. The highest BCUT2D eigenvalue weighted by molar-refractivity contribution is 5.90. The van der Waals surface area contributed by atoms with E-state index in [4.69, 9.17) is 9.47 Å². The molecule has 0 fully saturated rings. The summed E-state index contributed by atoms with van der Waals surface area (Å²) in [5, 5.41) is 0. The van der Waals surface area contributed by atoms with Gasteiger partial charge in [0.15, 0.2) is 0 Å². The van der Waals surface area contributed by atoms with Crippen molar-refractivity contribution in [1.29, 1.82) is 0 Å². The van der Waals surface area contributed by atoms with Gasteiger partial charge >= 0.3 is 11.9 Å². The number of rotatable bonds is 4. The molecular weight excluding hydrogens is 280 g/mol. The smallest absolute Gasteiger partial charge is 0.338 e. The lowest BCUT2D eigenvalue weighted by atomic mass is 9.99. The van der Waals surface area contributed by atoms with Crippen LogP contribution in [0.1, 0.15) is 29.8 Å². The second kappa shape index (κ2) is 6.89. The zero-order valence-corrected chi connectivity index (χ0v) is 12.9. The maximum Gasteiger partial charge on any atom is 0.338 e. The second-order valence-corrected chi connectivity index (χ2v) is 4.87. The number of carbonyl (C=O) groups excluding carboxylic acids is 2. The van der Waals surface area contributed by atoms with E-state index < -0.39 is 0 Å². The molecule has 0 aliphatic heterocycles. The Morgan fingerprint density at radius 2 is 1.73 bits per heavy atom. The minimum atomic E-state index is -0.342. The summed E-state index contributed by atoms with van der Waals surface area (Å²) >= 11 is 0. The molecule has 0 N–H and O–H groups in total. The van der Waals surface area contributed by atoms with Gasteiger partial charge in [0.2, 0.25) is 0 Å². The third kappa shape index (κ3) is 3.73. The number of ether oxygens (including phenoxy) is 2. The van der Waals surface area contributed by atoms with E-state index in [9.17, 15) is 9.59 Å². The highest BCUT2D eigenvalue weighted by atomic mass is 16.5. The number of benzene rings is 2. The molecule has 2 rings (SSSR count). The molecule has 0 aliphatic carbocycles. The predicted octanol–water partition coefficient (Wildman–Crippen LogP) is 3.76. The minimum Gasteiger partial charge on any atom is -0.462 e. The van der Waals surface area contributed by atoms with Gasteiger partial charge in [-0.15, -0.1) is 0 Å². The third-order valence-corrected chi connectivity index (χ3v) is 3.17. The Hall–Kier alpha value is -2.62. The number of hydrogen-bond acceptors (Lipinski definition) is 4. The first-order valence-electron chi connectivity index (χ1n) is 7.08. The van der Waals surface area contributed by atoms with E-state index >= 15 is 0 Å². The van der Waals surface area contributed by atoms with E-state index in [1.165, 1.54) is 6.92 Å². The molecule has 0 bridgehead atoms. The zero-order valence-electron chi connectivity index (χ0n) is 12.9. The average Bonchev–Trinajstić information content (AvgIpc) is 2.47. The molecule has 2 aromatic rings. The van der Waals surface area contributed by atoms with Gasteiger partial charge in [-0.3, -0.25) is 4.79 Å². The summed E-state index contributed by atoms with van der Waals surface area (Å²) in [6.45, 7) is 5.45. The van der Waals surface area contributed by atoms with Crippen molar-refractivity contribution in [3.8, 4) is 16.9 Å². The Bertz CT molecular complexity index is 687. The van der Waals surface area contributed by atoms with Crippen LogP contribution < -0.4 is 4.74 Å². The van der Waals surface area contributed by atoms with Crippen LogP contribution in [-0.4, -0.2) is 18.5 Å². The van der Waals surface area contributed by atoms with Gasteiger partial charge in [0.25, 0.3) is 0 Å². The second-order valence-electron chi connectivity index (χ2n) is 4.87. The van der Waals surface area contributed by atoms with Gasteiger partial charge in [-0.2, -0.15) is 0 Å². The molecule has 4 heteroatoms. The van der Waals surface area contributed by atoms with Crippen molar-refractivity contribution in [2.45, 2.75) is 20.8 Å². The molecule has 0 heterocycles. The highest BCUT2D eigenvalue weighted by Crippen LogP contribution is 2.27. The summed E-state index contributed by atoms with van der Waals surface area (Å²) < 4.78 is 10.0. The Labute approximate surface area is 129 Å². The van der Waals surface area contributed by atoms with Crippen molar-refractivity contribution < 1.29 is 19.1 Å². The van der Waals surface area contributed by atoms with Gasteiger partial charge in [0, 0.05) is 6.92 Å². The number of esters is 2. The Balaban J connectivity index is 2.25. The van der Waals surface area contributed by atoms with Gasteiger partial charge in [-0.1, -0.05) is 18.2 Å². The maximum absolute atomic E-state index is 11.6. The molecule has 114 valence electrons. The Kier molecular flexibility index (Phi) is 4.94. The first kappa shape index (κ1) is 15.8. The van der Waals surface area contributed by atoms with Gasteiger partial charge in [-0.05, 0) is 54.8 Å². The monoisotopic (exact) mass is 298 g/mol. The van der Waals surface area contributed by atoms with Crippen molar-refractivity contribution in [3.63, 3.8) is 0 Å². The molecule has 22 heavy (non-hydrogen) atoms. The molecule has 2 aromatic carbocycles. The fraction of sp³-hybridized carbons (Fsp3) is 0.222. The Morgan fingerprint density at radius 3 is 2.27 bits per heavy atom. The number of carbonyl (C=O) groups is 2. The van der Waals surface area contributed by atoms with E-state index in [1.807, 2.05) is 31.2 Å². The van der Waals surface area contributed by atoms with Crippen LogP contribution >= 0.6 is 0 Å². The van der Waals surface area contributed by atoms with E-state index in [0.717, 1.165) is 16.7 Å². The van der Waals surface area contributed by atoms with Gasteiger partial charge < -0.3 is 9.47 Å². The Morgan fingerprint density at radius 1 is 1.05 bits per heavy atom. The first-order chi connectivity index (χ1) is 10.5. The lowest BCUT2D eigenvalue weighted by Crippen LogP contribution is -2.04. The van der Waals surface area contributed by atoms with Crippen LogP contribution in [0.25, 0.3) is 11.1 Å². The lowest BCUT2D eigenvalue weighted by Gasteiger charge is -2.09. The van der Waals surface area contributed by atoms with Gasteiger partial charge in [0.05, 0.1) is 12.2 Å². The fourth-order valence-corrected chi connectivity index (χ4v) is 2.19. The van der Waals surface area contributed by atoms with Crippen molar-refractivity contribution in [2.24, 2.45) is 0 Å². The molecule has 0 amide bonds. The van der Waals surface area contributed by atoms with Gasteiger partial charge in [-0.25, -0.2) is 4.79 Å². The normalized spacial score (nSPS) is 10.1. The molecular formula is C18H18O4. The molecule has 4 nitrogen and oxygen atoms in total. The molecule has 0 saturated heterocycles. The zero-order chi connectivity index (χ0) is 16.1. The van der Waals surface area contributed by atoms with Crippen LogP contribution in [0.2, 0.25) is 0 Å². The molecule has 0 aliphatic rings. The molecule has 0 unspecified atom stereocenters. The van der Waals surface area contributed by atoms with Gasteiger partial charge in [0.1, 0.15) is 5.75 Å². The highest BCUT2D eigenvalue weighted by Gasteiger charge is 2.08. The van der Waals surface area contributed by atoms with Crippen LogP contribution in [0.3, 0.4) is 0 Å². The fourth-order valence-electron chi connectivity index (χ4n) is 2.19. The topological polar surface area (TPSA) is 52.6 Å². The molecule has 0 spiro atoms. The third-order valence-electron chi connectivity index (χ3n) is 3.17. The maximum atomic E-state index is 11.6. The summed E-state index contributed by atoms with van der Waals surface area (Å²) in [5.74, 6) is -0.140. The van der Waals surface area contributed by atoms with E-state index in [1.54, 1.807) is 25.1 Å². The molecule has 0 aromatic heterocycles. The lowest BCUT2D eigenvalue weighted by molar-refractivity contribution is -0.131. The summed E-state index contributed by atoms with van der Waals surface area (Å²) in [4.78, 5) is 22.6. The van der Waals surface area contributed by atoms with E-state index in [2.05, 4.69) is 0 Å². The summed E-state index contributed by atoms with van der Waals surface area (Å²) in [5.41, 5.74) is 3.52. The van der Waals surface area contributed by atoms with E-state index in [0.29, 0.717) is 17.9 Å². The standard InChI is InChI=1S/C18H18O4/c1-4-21-18(20)15-7-5-14(6-8-15)17-10-9-16(11-12(17)2)22-13(3)19/h5-11H,4H2,1-3H3. The molecule has 0 radical (unpaired) electrons. The van der Waals surface area contributed by atoms with Crippen molar-refractivity contribution in [2.75, 3.05) is 6.61 Å². The largest absolute Gasteiger partial charge is 0.462 e. The van der Waals surface area contributed by atoms with Crippen molar-refractivity contribution >= 4 is 11.9 Å². The van der Waals surface area contributed by atoms with Crippen LogP contribution in [0.5, 0.6) is 5.75 Å². The minimum absolute atomic E-state index is 0.323. The molecule has 0 atom stereocenters. The van der Waals surface area contributed by atoms with E-state index in [-0.39, 0.29) is 11.9 Å². The molecule has 0 saturated carbocycles. The average molecular weight is 298 g/mol. The predicted molar refractivity (Wildman–Crippen MR) is 83.9 cm³/mol. The van der Waals surface area contributed by atoms with Crippen LogP contribution in [0.15, 0.2) is 42.5 Å². The SMILES string of the molecule is CCOC(=O)c1ccc(-c2ccc(OC(C)=O)cc2C)cc1. The summed E-state index contributed by atoms with van der Waals surface area (Å²) in [7, 11) is 0. The van der Waals surface area contributed by atoms with Crippen LogP contribution in [0.4, 0.5) is 0 Å². The number of hydrogen-bond donors (Lipinski definition) is 0. The van der Waals surface area contributed by atoms with Crippen molar-refractivity contribution in [1.82, 2.24) is 0 Å². The van der Waals surface area contributed by atoms with Crippen LogP contribution in [0, 0.1) is 6.92 Å². The number of aryl methyl sites for hydroxylation is 1.